The molecule has 23 heavy (non-hydrogen) atoms. The Morgan fingerprint density at radius 1 is 1.17 bits per heavy atom. The summed E-state index contributed by atoms with van der Waals surface area (Å²) < 4.78 is 4.81. The number of imide groups is 1. The molecule has 0 radical (unpaired) electrons. The van der Waals surface area contributed by atoms with Gasteiger partial charge in [-0.2, -0.15) is 0 Å². The third-order valence-corrected chi connectivity index (χ3v) is 3.93. The largest absolute Gasteiger partial charge is 0.360 e. The molecular formula is C14H9Cl2N3O4. The van der Waals surface area contributed by atoms with E-state index in [-0.39, 0.29) is 27.0 Å². The summed E-state index contributed by atoms with van der Waals surface area (Å²) in [5.41, 5.74) is 0.240. The summed E-state index contributed by atoms with van der Waals surface area (Å²) in [5, 5.41) is 6.36. The SMILES string of the molecule is Cc1cc(NC(=O)CN2C(=O)c3cc(Cl)c(Cl)cc3C2=O)no1. The van der Waals surface area contributed by atoms with Gasteiger partial charge in [-0.1, -0.05) is 28.4 Å². The number of hydrogen-bond donors (Lipinski definition) is 1. The van der Waals surface area contributed by atoms with Gasteiger partial charge < -0.3 is 9.84 Å². The molecule has 3 amide bonds. The van der Waals surface area contributed by atoms with Crippen molar-refractivity contribution in [1.29, 1.82) is 0 Å². The Hall–Kier alpha value is -2.38. The van der Waals surface area contributed by atoms with Crippen LogP contribution in [0.4, 0.5) is 5.82 Å². The molecule has 1 aliphatic heterocycles. The molecule has 0 saturated carbocycles. The lowest BCUT2D eigenvalue weighted by atomic mass is 10.1. The van der Waals surface area contributed by atoms with Crippen LogP contribution in [-0.4, -0.2) is 34.3 Å². The summed E-state index contributed by atoms with van der Waals surface area (Å²) in [6, 6.07) is 4.15. The highest BCUT2D eigenvalue weighted by Gasteiger charge is 2.37. The summed E-state index contributed by atoms with van der Waals surface area (Å²) in [7, 11) is 0. The highest BCUT2D eigenvalue weighted by atomic mass is 35.5. The van der Waals surface area contributed by atoms with Crippen LogP contribution in [-0.2, 0) is 4.79 Å². The van der Waals surface area contributed by atoms with Crippen molar-refractivity contribution < 1.29 is 18.9 Å². The number of amides is 3. The minimum absolute atomic E-state index is 0.120. The number of hydrogen-bond acceptors (Lipinski definition) is 5. The van der Waals surface area contributed by atoms with E-state index in [1.165, 1.54) is 18.2 Å². The molecule has 3 rings (SSSR count). The topological polar surface area (TPSA) is 92.5 Å². The molecule has 2 heterocycles. The zero-order valence-electron chi connectivity index (χ0n) is 11.7. The molecule has 1 aromatic carbocycles. The first kappa shape index (κ1) is 15.5. The fourth-order valence-electron chi connectivity index (χ4n) is 2.18. The van der Waals surface area contributed by atoms with Crippen molar-refractivity contribution in [2.24, 2.45) is 0 Å². The van der Waals surface area contributed by atoms with E-state index in [9.17, 15) is 14.4 Å². The summed E-state index contributed by atoms with van der Waals surface area (Å²) >= 11 is 11.7. The number of nitrogens with one attached hydrogen (secondary N) is 1. The molecule has 1 aromatic heterocycles. The molecule has 2 aromatic rings. The van der Waals surface area contributed by atoms with Crippen molar-refractivity contribution in [3.8, 4) is 0 Å². The van der Waals surface area contributed by atoms with Crippen molar-refractivity contribution in [3.63, 3.8) is 0 Å². The second-order valence-electron chi connectivity index (χ2n) is 4.88. The number of rotatable bonds is 3. The number of carbonyl (C=O) groups excluding carboxylic acids is 3. The van der Waals surface area contributed by atoms with Crippen molar-refractivity contribution in [2.45, 2.75) is 6.92 Å². The smallest absolute Gasteiger partial charge is 0.262 e. The van der Waals surface area contributed by atoms with Crippen LogP contribution in [0.5, 0.6) is 0 Å². The zero-order valence-corrected chi connectivity index (χ0v) is 13.2. The maximum Gasteiger partial charge on any atom is 0.262 e. The predicted octanol–water partition coefficient (Wildman–Crippen LogP) is 2.52. The molecule has 7 nitrogen and oxygen atoms in total. The summed E-state index contributed by atoms with van der Waals surface area (Å²) in [5.74, 6) is -1.06. The lowest BCUT2D eigenvalue weighted by Gasteiger charge is -2.12. The van der Waals surface area contributed by atoms with E-state index in [2.05, 4.69) is 10.5 Å². The average molecular weight is 354 g/mol. The molecule has 0 bridgehead atoms. The molecule has 0 atom stereocenters. The number of nitrogens with zero attached hydrogens (tertiary/aromatic N) is 2. The zero-order chi connectivity index (χ0) is 16.7. The number of benzene rings is 1. The fourth-order valence-corrected chi connectivity index (χ4v) is 2.51. The third-order valence-electron chi connectivity index (χ3n) is 3.21. The van der Waals surface area contributed by atoms with Gasteiger partial charge in [0.15, 0.2) is 5.82 Å². The van der Waals surface area contributed by atoms with E-state index in [1.807, 2.05) is 0 Å². The molecule has 1 N–H and O–H groups in total. The number of aromatic nitrogens is 1. The summed E-state index contributed by atoms with van der Waals surface area (Å²) in [6.45, 7) is 1.22. The van der Waals surface area contributed by atoms with Crippen LogP contribution in [0, 0.1) is 6.92 Å². The number of carbonyl (C=O) groups is 3. The average Bonchev–Trinajstić information content (AvgIpc) is 2.98. The Kier molecular flexibility index (Phi) is 3.83. The highest BCUT2D eigenvalue weighted by Crippen LogP contribution is 2.31. The Bertz CT molecular complexity index is 806. The van der Waals surface area contributed by atoms with Gasteiger partial charge in [0.1, 0.15) is 12.3 Å². The van der Waals surface area contributed by atoms with Crippen LogP contribution in [0.2, 0.25) is 10.0 Å². The molecule has 0 fully saturated rings. The first-order valence-corrected chi connectivity index (χ1v) is 7.21. The normalized spacial score (nSPS) is 13.4. The number of aryl methyl sites for hydroxylation is 1. The van der Waals surface area contributed by atoms with E-state index in [4.69, 9.17) is 27.7 Å². The van der Waals surface area contributed by atoms with Crippen LogP contribution in [0.1, 0.15) is 26.5 Å². The van der Waals surface area contributed by atoms with Crippen LogP contribution in [0.3, 0.4) is 0 Å². The highest BCUT2D eigenvalue weighted by molar-refractivity contribution is 6.43. The maximum absolute atomic E-state index is 12.3. The van der Waals surface area contributed by atoms with Crippen molar-refractivity contribution in [1.82, 2.24) is 10.1 Å². The van der Waals surface area contributed by atoms with E-state index in [0.29, 0.717) is 5.76 Å². The quantitative estimate of drug-likeness (QED) is 0.855. The lowest BCUT2D eigenvalue weighted by Crippen LogP contribution is -2.37. The van der Waals surface area contributed by atoms with Crippen LogP contribution in [0.25, 0.3) is 0 Å². The molecule has 0 unspecified atom stereocenters. The molecule has 118 valence electrons. The summed E-state index contributed by atoms with van der Waals surface area (Å²) in [6.07, 6.45) is 0. The van der Waals surface area contributed by atoms with Gasteiger partial charge in [-0.3, -0.25) is 19.3 Å². The molecule has 9 heteroatoms. The molecule has 0 saturated heterocycles. The first-order valence-electron chi connectivity index (χ1n) is 6.45. The van der Waals surface area contributed by atoms with Crippen LogP contribution < -0.4 is 5.32 Å². The number of anilines is 1. The molecule has 1 aliphatic rings. The van der Waals surface area contributed by atoms with Gasteiger partial charge in [0.05, 0.1) is 21.2 Å². The van der Waals surface area contributed by atoms with Gasteiger partial charge in [-0.15, -0.1) is 0 Å². The summed E-state index contributed by atoms with van der Waals surface area (Å²) in [4.78, 5) is 37.3. The van der Waals surface area contributed by atoms with E-state index in [0.717, 1.165) is 4.90 Å². The monoisotopic (exact) mass is 353 g/mol. The van der Waals surface area contributed by atoms with E-state index < -0.39 is 24.3 Å². The Morgan fingerprint density at radius 3 is 2.22 bits per heavy atom. The second-order valence-corrected chi connectivity index (χ2v) is 5.69. The van der Waals surface area contributed by atoms with Gasteiger partial charge in [0.2, 0.25) is 5.91 Å². The molecule has 0 spiro atoms. The van der Waals surface area contributed by atoms with Gasteiger partial charge in [-0.05, 0) is 19.1 Å². The fraction of sp³-hybridized carbons (Fsp3) is 0.143. The number of halogens is 2. The third kappa shape index (κ3) is 2.80. The van der Waals surface area contributed by atoms with E-state index >= 15 is 0 Å². The molecular weight excluding hydrogens is 345 g/mol. The van der Waals surface area contributed by atoms with Crippen molar-refractivity contribution in [3.05, 3.63) is 45.1 Å². The Balaban J connectivity index is 1.78. The van der Waals surface area contributed by atoms with E-state index in [1.54, 1.807) is 6.92 Å². The van der Waals surface area contributed by atoms with Crippen molar-refractivity contribution >= 4 is 46.7 Å². The van der Waals surface area contributed by atoms with Gasteiger partial charge >= 0.3 is 0 Å². The standard InChI is InChI=1S/C14H9Cl2N3O4/c1-6-2-11(18-23-6)17-12(20)5-19-13(21)7-3-9(15)10(16)4-8(7)14(19)22/h2-4H,5H2,1H3,(H,17,18,20). The molecule has 0 aliphatic carbocycles. The first-order chi connectivity index (χ1) is 10.9. The Labute approximate surface area is 140 Å². The van der Waals surface area contributed by atoms with Crippen LogP contribution in [0.15, 0.2) is 22.7 Å². The minimum Gasteiger partial charge on any atom is -0.360 e. The van der Waals surface area contributed by atoms with Gasteiger partial charge in [-0.25, -0.2) is 0 Å². The number of fused-ring (bicyclic) bond motifs is 1. The van der Waals surface area contributed by atoms with Gasteiger partial charge in [0.25, 0.3) is 11.8 Å². The van der Waals surface area contributed by atoms with Crippen molar-refractivity contribution in [2.75, 3.05) is 11.9 Å². The van der Waals surface area contributed by atoms with Gasteiger partial charge in [0, 0.05) is 6.07 Å². The van der Waals surface area contributed by atoms with Crippen LogP contribution >= 0.6 is 23.2 Å². The minimum atomic E-state index is -0.602. The lowest BCUT2D eigenvalue weighted by molar-refractivity contribution is -0.116. The second kappa shape index (κ2) is 5.68. The maximum atomic E-state index is 12.3. The Morgan fingerprint density at radius 2 is 1.74 bits per heavy atom. The predicted molar refractivity (Wildman–Crippen MR) is 81.7 cm³/mol.